The van der Waals surface area contributed by atoms with Gasteiger partial charge in [0.1, 0.15) is 18.1 Å². The smallest absolute Gasteiger partial charge is 0.130 e. The SMILES string of the molecule is COc1ccc([C@H](C)N)c(OCc2cc(C)nn2C)c1. The molecule has 5 nitrogen and oxygen atoms in total. The van der Waals surface area contributed by atoms with Crippen LogP contribution in [0.4, 0.5) is 0 Å². The zero-order valence-electron chi connectivity index (χ0n) is 12.4. The number of aryl methyl sites for hydroxylation is 2. The first-order chi connectivity index (χ1) is 9.51. The third-order valence-electron chi connectivity index (χ3n) is 3.19. The molecule has 0 radical (unpaired) electrons. The van der Waals surface area contributed by atoms with Gasteiger partial charge in [-0.05, 0) is 26.0 Å². The topological polar surface area (TPSA) is 62.3 Å². The summed E-state index contributed by atoms with van der Waals surface area (Å²) in [5, 5.41) is 4.30. The number of nitrogens with two attached hydrogens (primary N) is 1. The Morgan fingerprint density at radius 3 is 2.65 bits per heavy atom. The zero-order valence-corrected chi connectivity index (χ0v) is 12.4. The molecule has 20 heavy (non-hydrogen) atoms. The van der Waals surface area contributed by atoms with Gasteiger partial charge in [-0.25, -0.2) is 0 Å². The van der Waals surface area contributed by atoms with Crippen LogP contribution in [-0.4, -0.2) is 16.9 Å². The van der Waals surface area contributed by atoms with Crippen molar-refractivity contribution in [1.82, 2.24) is 9.78 Å². The Morgan fingerprint density at radius 1 is 1.35 bits per heavy atom. The molecular formula is C15H21N3O2. The maximum atomic E-state index is 5.97. The molecule has 0 aliphatic carbocycles. The Bertz CT molecular complexity index is 591. The van der Waals surface area contributed by atoms with E-state index in [9.17, 15) is 0 Å². The first kappa shape index (κ1) is 14.4. The van der Waals surface area contributed by atoms with Crippen LogP contribution in [0.3, 0.4) is 0 Å². The fourth-order valence-corrected chi connectivity index (χ4v) is 2.09. The lowest BCUT2D eigenvalue weighted by Crippen LogP contribution is -2.09. The van der Waals surface area contributed by atoms with Crippen LogP contribution >= 0.6 is 0 Å². The predicted octanol–water partition coefficient (Wildman–Crippen LogP) is 2.34. The summed E-state index contributed by atoms with van der Waals surface area (Å²) in [5.41, 5.74) is 8.92. The normalized spacial score (nSPS) is 12.2. The van der Waals surface area contributed by atoms with Gasteiger partial charge in [-0.2, -0.15) is 5.10 Å². The van der Waals surface area contributed by atoms with Crippen molar-refractivity contribution >= 4 is 0 Å². The molecule has 0 saturated heterocycles. The highest BCUT2D eigenvalue weighted by atomic mass is 16.5. The number of ether oxygens (including phenoxy) is 2. The quantitative estimate of drug-likeness (QED) is 0.909. The van der Waals surface area contributed by atoms with E-state index in [1.165, 1.54) is 0 Å². The van der Waals surface area contributed by atoms with Crippen molar-refractivity contribution in [3.8, 4) is 11.5 Å². The fourth-order valence-electron chi connectivity index (χ4n) is 2.09. The van der Waals surface area contributed by atoms with Gasteiger partial charge in [0.15, 0.2) is 0 Å². The van der Waals surface area contributed by atoms with Crippen LogP contribution < -0.4 is 15.2 Å². The van der Waals surface area contributed by atoms with E-state index in [1.807, 2.05) is 49.8 Å². The van der Waals surface area contributed by atoms with Crippen molar-refractivity contribution in [3.63, 3.8) is 0 Å². The molecule has 108 valence electrons. The van der Waals surface area contributed by atoms with Crippen LogP contribution in [0.2, 0.25) is 0 Å². The number of aromatic nitrogens is 2. The first-order valence-electron chi connectivity index (χ1n) is 6.57. The molecule has 1 atom stereocenters. The molecule has 5 heteroatoms. The molecule has 0 unspecified atom stereocenters. The van der Waals surface area contributed by atoms with Gasteiger partial charge in [0, 0.05) is 24.7 Å². The van der Waals surface area contributed by atoms with E-state index < -0.39 is 0 Å². The summed E-state index contributed by atoms with van der Waals surface area (Å²) in [6.07, 6.45) is 0. The highest BCUT2D eigenvalue weighted by Gasteiger charge is 2.11. The lowest BCUT2D eigenvalue weighted by molar-refractivity contribution is 0.288. The molecule has 0 bridgehead atoms. The largest absolute Gasteiger partial charge is 0.497 e. The Morgan fingerprint density at radius 2 is 2.10 bits per heavy atom. The van der Waals surface area contributed by atoms with E-state index in [-0.39, 0.29) is 6.04 Å². The second kappa shape index (κ2) is 5.96. The van der Waals surface area contributed by atoms with Crippen LogP contribution in [-0.2, 0) is 13.7 Å². The van der Waals surface area contributed by atoms with E-state index in [2.05, 4.69) is 5.10 Å². The van der Waals surface area contributed by atoms with Crippen molar-refractivity contribution in [2.45, 2.75) is 26.5 Å². The number of methoxy groups -OCH3 is 1. The average molecular weight is 275 g/mol. The molecule has 1 aromatic heterocycles. The lowest BCUT2D eigenvalue weighted by atomic mass is 10.1. The Hall–Kier alpha value is -2.01. The molecular weight excluding hydrogens is 254 g/mol. The molecule has 0 amide bonds. The van der Waals surface area contributed by atoms with Gasteiger partial charge < -0.3 is 15.2 Å². The molecule has 0 fully saturated rings. The standard InChI is InChI=1S/C15H21N3O2/c1-10-7-12(18(3)17-10)9-20-15-8-13(19-4)5-6-14(15)11(2)16/h5-8,11H,9,16H2,1-4H3/t11-/m0/s1. The molecule has 2 rings (SSSR count). The molecule has 2 N–H and O–H groups in total. The monoisotopic (exact) mass is 275 g/mol. The molecule has 0 spiro atoms. The number of rotatable bonds is 5. The minimum Gasteiger partial charge on any atom is -0.497 e. The average Bonchev–Trinajstić information content (AvgIpc) is 2.74. The van der Waals surface area contributed by atoms with Gasteiger partial charge in [-0.3, -0.25) is 4.68 Å². The lowest BCUT2D eigenvalue weighted by Gasteiger charge is -2.15. The van der Waals surface area contributed by atoms with Crippen molar-refractivity contribution < 1.29 is 9.47 Å². The minimum absolute atomic E-state index is 0.0934. The summed E-state index contributed by atoms with van der Waals surface area (Å²) in [7, 11) is 3.54. The summed E-state index contributed by atoms with van der Waals surface area (Å²) < 4.78 is 13.0. The van der Waals surface area contributed by atoms with E-state index >= 15 is 0 Å². The molecule has 0 aliphatic heterocycles. The highest BCUT2D eigenvalue weighted by Crippen LogP contribution is 2.29. The minimum atomic E-state index is -0.0934. The maximum Gasteiger partial charge on any atom is 0.130 e. The van der Waals surface area contributed by atoms with Crippen molar-refractivity contribution in [3.05, 3.63) is 41.2 Å². The summed E-state index contributed by atoms with van der Waals surface area (Å²) in [6, 6.07) is 7.60. The first-order valence-corrected chi connectivity index (χ1v) is 6.57. The Balaban J connectivity index is 2.21. The molecule has 2 aromatic rings. The number of hydrogen-bond donors (Lipinski definition) is 1. The molecule has 1 heterocycles. The second-order valence-electron chi connectivity index (χ2n) is 4.88. The summed E-state index contributed by atoms with van der Waals surface area (Å²) in [6.45, 7) is 4.34. The fraction of sp³-hybridized carbons (Fsp3) is 0.400. The summed E-state index contributed by atoms with van der Waals surface area (Å²) in [4.78, 5) is 0. The summed E-state index contributed by atoms with van der Waals surface area (Å²) >= 11 is 0. The molecule has 0 aliphatic rings. The van der Waals surface area contributed by atoms with Gasteiger partial charge in [-0.15, -0.1) is 0 Å². The Labute approximate surface area is 119 Å². The van der Waals surface area contributed by atoms with E-state index in [4.69, 9.17) is 15.2 Å². The van der Waals surface area contributed by atoms with Gasteiger partial charge >= 0.3 is 0 Å². The maximum absolute atomic E-state index is 5.97. The van der Waals surface area contributed by atoms with E-state index in [0.29, 0.717) is 6.61 Å². The van der Waals surface area contributed by atoms with Gasteiger partial charge in [0.05, 0.1) is 18.5 Å². The second-order valence-corrected chi connectivity index (χ2v) is 4.88. The van der Waals surface area contributed by atoms with Crippen molar-refractivity contribution in [1.29, 1.82) is 0 Å². The number of benzene rings is 1. The van der Waals surface area contributed by atoms with Crippen molar-refractivity contribution in [2.75, 3.05) is 7.11 Å². The number of hydrogen-bond acceptors (Lipinski definition) is 4. The third-order valence-corrected chi connectivity index (χ3v) is 3.19. The van der Waals surface area contributed by atoms with Gasteiger partial charge in [0.2, 0.25) is 0 Å². The third kappa shape index (κ3) is 3.11. The number of nitrogens with zero attached hydrogens (tertiary/aromatic N) is 2. The zero-order chi connectivity index (χ0) is 14.7. The summed E-state index contributed by atoms with van der Waals surface area (Å²) in [5.74, 6) is 1.50. The molecule has 0 saturated carbocycles. The van der Waals surface area contributed by atoms with Crippen molar-refractivity contribution in [2.24, 2.45) is 12.8 Å². The van der Waals surface area contributed by atoms with Gasteiger partial charge in [0.25, 0.3) is 0 Å². The van der Waals surface area contributed by atoms with E-state index in [0.717, 1.165) is 28.5 Å². The van der Waals surface area contributed by atoms with Crippen LogP contribution in [0.1, 0.15) is 29.9 Å². The Kier molecular flexibility index (Phi) is 4.29. The molecule has 1 aromatic carbocycles. The highest BCUT2D eigenvalue weighted by molar-refractivity contribution is 5.42. The predicted molar refractivity (Wildman–Crippen MR) is 77.9 cm³/mol. The van der Waals surface area contributed by atoms with E-state index in [1.54, 1.807) is 7.11 Å². The van der Waals surface area contributed by atoms with Crippen LogP contribution in [0.15, 0.2) is 24.3 Å². The van der Waals surface area contributed by atoms with Crippen LogP contribution in [0, 0.1) is 6.92 Å². The van der Waals surface area contributed by atoms with Crippen LogP contribution in [0.25, 0.3) is 0 Å². The van der Waals surface area contributed by atoms with Crippen LogP contribution in [0.5, 0.6) is 11.5 Å². The van der Waals surface area contributed by atoms with Gasteiger partial charge in [-0.1, -0.05) is 6.07 Å².